The van der Waals surface area contributed by atoms with Gasteiger partial charge in [-0.15, -0.1) is 0 Å². The van der Waals surface area contributed by atoms with Crippen molar-refractivity contribution >= 4 is 35.8 Å². The molecule has 7 saturated heterocycles. The number of carbonyl (C=O) groups excluding carboxylic acids is 6. The largest absolute Gasteiger partial charge is 0.459 e. The molecule has 11 unspecified atom stereocenters. The monoisotopic (exact) mass is 1630 g/mol. The Kier molecular flexibility index (Phi) is 28.7. The molecule has 118 heavy (non-hydrogen) atoms. The highest BCUT2D eigenvalue weighted by atomic mass is 16.8. The van der Waals surface area contributed by atoms with E-state index >= 15 is 9.59 Å². The molecule has 7 aliphatic heterocycles. The van der Waals surface area contributed by atoms with Crippen molar-refractivity contribution in [1.82, 2.24) is 0 Å². The summed E-state index contributed by atoms with van der Waals surface area (Å²) < 4.78 is 157. The van der Waals surface area contributed by atoms with Gasteiger partial charge in [0.25, 0.3) is 0 Å². The Hall–Kier alpha value is -10.1. The van der Waals surface area contributed by atoms with Crippen LogP contribution in [-0.2, 0) is 114 Å². The molecular weight excluding hydrogens is 1540 g/mol. The highest BCUT2D eigenvalue weighted by Gasteiger charge is 2.62. The zero-order chi connectivity index (χ0) is 82.2. The van der Waals surface area contributed by atoms with Crippen LogP contribution in [0.1, 0.15) is 74.0 Å². The van der Waals surface area contributed by atoms with E-state index in [9.17, 15) is 24.7 Å². The lowest BCUT2D eigenvalue weighted by molar-refractivity contribution is -0.398. The van der Waals surface area contributed by atoms with Crippen molar-refractivity contribution in [2.75, 3.05) is 75.7 Å². The van der Waals surface area contributed by atoms with E-state index in [1.54, 1.807) is 140 Å². The van der Waals surface area contributed by atoms with Crippen molar-refractivity contribution < 1.29 is 142 Å². The van der Waals surface area contributed by atoms with Gasteiger partial charge in [-0.2, -0.15) is 0 Å². The van der Waals surface area contributed by atoms with Crippen LogP contribution in [0.25, 0.3) is 10.4 Å². The lowest BCUT2D eigenvalue weighted by Crippen LogP contribution is -2.69. The van der Waals surface area contributed by atoms with Crippen LogP contribution in [-0.4, -0.2) is 265 Å². The molecule has 0 aliphatic carbocycles. The van der Waals surface area contributed by atoms with E-state index in [0.717, 1.165) is 0 Å². The zero-order valence-electron chi connectivity index (χ0n) is 64.8. The maximum Gasteiger partial charge on any atom is 0.338 e. The molecule has 0 saturated carbocycles. The molecule has 33 heteroatoms. The second-order valence-electron chi connectivity index (χ2n) is 28.2. The van der Waals surface area contributed by atoms with Gasteiger partial charge >= 0.3 is 35.8 Å². The molecule has 0 spiro atoms. The molecule has 7 aromatic rings. The van der Waals surface area contributed by atoms with Gasteiger partial charge in [0, 0.05) is 53.1 Å². The van der Waals surface area contributed by atoms with Gasteiger partial charge in [0.05, 0.1) is 59.3 Å². The molecule has 0 amide bonds. The predicted octanol–water partition coefficient (Wildman–Crippen LogP) is 8.31. The van der Waals surface area contributed by atoms with Gasteiger partial charge in [-0.1, -0.05) is 145 Å². The second kappa shape index (κ2) is 40.1. The lowest BCUT2D eigenvalue weighted by atomic mass is 9.94. The van der Waals surface area contributed by atoms with E-state index in [1.807, 2.05) is 0 Å². The number of hydrogen-bond acceptors (Lipinski definition) is 31. The Morgan fingerprint density at radius 3 is 1.08 bits per heavy atom. The van der Waals surface area contributed by atoms with Crippen LogP contribution < -0.4 is 0 Å². The molecule has 7 fully saturated rings. The minimum absolute atomic E-state index is 0.0282. The van der Waals surface area contributed by atoms with Crippen molar-refractivity contribution in [1.29, 1.82) is 0 Å². The number of fused-ring (bicyclic) bond motifs is 3. The average Bonchev–Trinajstić information content (AvgIpc) is 0.926. The van der Waals surface area contributed by atoms with Crippen LogP contribution in [0.3, 0.4) is 0 Å². The van der Waals surface area contributed by atoms with Gasteiger partial charge in [0.1, 0.15) is 105 Å². The first kappa shape index (κ1) is 84.4. The fraction of sp³-hybridized carbons (Fsp3) is 0.435. The van der Waals surface area contributed by atoms with Crippen molar-refractivity contribution in [2.24, 2.45) is 5.11 Å². The number of benzene rings is 7. The first-order valence-electron chi connectivity index (χ1n) is 38.2. The minimum Gasteiger partial charge on any atom is -0.459 e. The van der Waals surface area contributed by atoms with Crippen molar-refractivity contribution in [3.05, 3.63) is 262 Å². The third kappa shape index (κ3) is 19.3. The summed E-state index contributed by atoms with van der Waals surface area (Å²) in [6.45, 7) is -1.88. The van der Waals surface area contributed by atoms with Crippen molar-refractivity contribution in [2.45, 2.75) is 160 Å². The van der Waals surface area contributed by atoms with Crippen LogP contribution in [0.2, 0.25) is 0 Å². The molecule has 2 bridgehead atoms. The van der Waals surface area contributed by atoms with E-state index < -0.39 is 209 Å². The number of azide groups is 1. The summed E-state index contributed by atoms with van der Waals surface area (Å²) in [4.78, 5) is 92.3. The molecular formula is C85H89N3O30. The summed E-state index contributed by atoms with van der Waals surface area (Å²) in [5.41, 5.74) is 10.5. The molecule has 0 radical (unpaired) electrons. The van der Waals surface area contributed by atoms with E-state index in [-0.39, 0.29) is 53.2 Å². The zero-order valence-corrected chi connectivity index (χ0v) is 64.8. The highest BCUT2D eigenvalue weighted by molar-refractivity contribution is 5.92. The van der Waals surface area contributed by atoms with Crippen LogP contribution >= 0.6 is 0 Å². The van der Waals surface area contributed by atoms with E-state index in [2.05, 4.69) is 10.0 Å². The smallest absolute Gasteiger partial charge is 0.338 e. The number of ether oxygens (including phenoxy) is 24. The van der Waals surface area contributed by atoms with E-state index in [0.29, 0.717) is 5.56 Å². The van der Waals surface area contributed by atoms with Crippen molar-refractivity contribution in [3.8, 4) is 0 Å². The van der Waals surface area contributed by atoms with E-state index in [4.69, 9.17) is 114 Å². The van der Waals surface area contributed by atoms with Crippen LogP contribution in [0.4, 0.5) is 0 Å². The molecule has 624 valence electrons. The SMILES string of the molecule is COC[C@@H]1O[C@@H](O[C@H]2C3CO[C@H](O3)[C@@H](N=[N+]=[N-])C2OC)C(OC)C(OC)[C@@H]1O[C@H]1O[C@@H](COC(=O)c2ccccc2)[C@@H](O[C@@H]2OC(COC(=O)c3ccccc3)[C@@H](O[C@@H]3OC4COC(c5ccccc5)O[C@H]4C(OC(=O)c4ccccc4)[C@@H]3OC(=O)c3ccccc3)C(OC(=O)c3ccccc3)[C@@H]2OC(=O)c2ccccc2)C(OC)C1OC. The first-order chi connectivity index (χ1) is 57.7. The Bertz CT molecular complexity index is 4480. The highest BCUT2D eigenvalue weighted by Crippen LogP contribution is 2.44. The van der Waals surface area contributed by atoms with E-state index in [1.165, 1.54) is 115 Å². The quantitative estimate of drug-likeness (QED) is 0.0129. The number of esters is 6. The number of hydrogen-bond donors (Lipinski definition) is 0. The maximum absolute atomic E-state index is 15.4. The van der Waals surface area contributed by atoms with Crippen LogP contribution in [0.5, 0.6) is 0 Å². The topological polar surface area (TPSA) is 373 Å². The van der Waals surface area contributed by atoms with Gasteiger partial charge in [0.2, 0.25) is 0 Å². The number of carbonyl (C=O) groups is 6. The lowest BCUT2D eigenvalue weighted by Gasteiger charge is -2.52. The first-order valence-corrected chi connectivity index (χ1v) is 38.2. The van der Waals surface area contributed by atoms with Gasteiger partial charge in [-0.05, 0) is 78.3 Å². The summed E-state index contributed by atoms with van der Waals surface area (Å²) >= 11 is 0. The third-order valence-corrected chi connectivity index (χ3v) is 21.0. The minimum atomic E-state index is -2.07. The van der Waals surface area contributed by atoms with Gasteiger partial charge in [-0.3, -0.25) is 0 Å². The Balaban J connectivity index is 0.870. The molecule has 26 atom stereocenters. The Morgan fingerprint density at radius 1 is 0.339 bits per heavy atom. The average molecular weight is 1630 g/mol. The summed E-state index contributed by atoms with van der Waals surface area (Å²) in [5.74, 6) is -5.63. The normalized spacial score (nSPS) is 32.3. The third-order valence-electron chi connectivity index (χ3n) is 21.0. The van der Waals surface area contributed by atoms with Gasteiger partial charge < -0.3 is 114 Å². The fourth-order valence-corrected chi connectivity index (χ4v) is 15.3. The van der Waals surface area contributed by atoms with Crippen LogP contribution in [0.15, 0.2) is 217 Å². The molecule has 7 aliphatic rings. The number of nitrogens with zero attached hydrogens (tertiary/aromatic N) is 3. The van der Waals surface area contributed by atoms with Gasteiger partial charge in [-0.25, -0.2) is 28.8 Å². The number of methoxy groups -OCH3 is 6. The standard InChI is InChI=1S/C85H89N3O30/c1-95-42-54-61(66(97-3)70(99-5)82(106-54)115-60-57-46-104-81(105-57)59(87-88-86)65(60)96-2)116-83-71(100-6)67(98-4)62(55(107-83)43-101-74(89)47-28-14-7-15-29-47)117-84-73(113-79(94)52-38-24-12-25-39-52)69(111-77(92)50-34-20-10-21-35-50)64(56(108-84)44-102-75(90)48-30-16-8-17-31-48)118-85-72(112-78(93)51-36-22-11-23-37-51)68(110-76(91)49-32-18-9-19-33-49)63-58(109-85)45-103-80(114-63)53-40-26-13-27-41-53/h7-41,54-73,80-85H,42-46H2,1-6H3/t54-,55-,56?,57?,58?,59-,60-,61+,62+,63+,64+,65?,66?,67?,68?,69?,70?,71?,72-,73-,80?,81+,82-,83+,84-,85-/m0/s1. The Labute approximate surface area is 677 Å². The Morgan fingerprint density at radius 2 is 0.678 bits per heavy atom. The molecule has 7 heterocycles. The molecule has 0 aromatic heterocycles. The fourth-order valence-electron chi connectivity index (χ4n) is 15.3. The molecule has 7 aromatic carbocycles. The molecule has 0 N–H and O–H groups in total. The van der Waals surface area contributed by atoms with Gasteiger partial charge in [0.15, 0.2) is 62.2 Å². The predicted molar refractivity (Wildman–Crippen MR) is 404 cm³/mol. The summed E-state index contributed by atoms with van der Waals surface area (Å²) in [7, 11) is 8.35. The number of rotatable bonds is 31. The molecule has 33 nitrogen and oxygen atoms in total. The van der Waals surface area contributed by atoms with Crippen LogP contribution in [0, 0.1) is 0 Å². The molecule has 14 rings (SSSR count). The summed E-state index contributed by atoms with van der Waals surface area (Å²) in [6, 6.07) is 55.3. The maximum atomic E-state index is 15.4. The second-order valence-corrected chi connectivity index (χ2v) is 28.2. The van der Waals surface area contributed by atoms with Crippen molar-refractivity contribution in [3.63, 3.8) is 0 Å². The summed E-state index contributed by atoms with van der Waals surface area (Å²) in [6.07, 6.45) is -35.9. The summed E-state index contributed by atoms with van der Waals surface area (Å²) in [5, 5.41) is 3.93.